The highest BCUT2D eigenvalue weighted by atomic mass is 15.2. The van der Waals surface area contributed by atoms with Gasteiger partial charge in [-0.25, -0.2) is 0 Å². The highest BCUT2D eigenvalue weighted by Gasteiger charge is 2.42. The van der Waals surface area contributed by atoms with Gasteiger partial charge in [0.1, 0.15) is 0 Å². The van der Waals surface area contributed by atoms with E-state index in [-0.39, 0.29) is 6.71 Å². The maximum Gasteiger partial charge on any atom is 0.252 e. The van der Waals surface area contributed by atoms with E-state index in [9.17, 15) is 0 Å². The number of rotatable bonds is 4. The molecule has 42 heavy (non-hydrogen) atoms. The fraction of sp³-hybridized carbons (Fsp3) is 0.0769. The first-order chi connectivity index (χ1) is 20.7. The molecule has 0 saturated carbocycles. The first-order valence-electron chi connectivity index (χ1n) is 14.9. The lowest BCUT2D eigenvalue weighted by Gasteiger charge is -2.44. The molecule has 2 nitrogen and oxygen atoms in total. The molecule has 8 rings (SSSR count). The van der Waals surface area contributed by atoms with Gasteiger partial charge in [0, 0.05) is 34.1 Å². The first-order valence-corrected chi connectivity index (χ1v) is 14.9. The van der Waals surface area contributed by atoms with E-state index in [1.165, 1.54) is 67.2 Å². The van der Waals surface area contributed by atoms with Crippen molar-refractivity contribution in [1.82, 2.24) is 0 Å². The molecule has 0 bridgehead atoms. The number of hydrogen-bond donors (Lipinski definition) is 0. The second-order valence-corrected chi connectivity index (χ2v) is 11.6. The topological polar surface area (TPSA) is 6.48 Å². The Morgan fingerprint density at radius 2 is 0.976 bits per heavy atom. The lowest BCUT2D eigenvalue weighted by molar-refractivity contribution is 0.867. The fourth-order valence-corrected chi connectivity index (χ4v) is 6.83. The minimum absolute atomic E-state index is 0.139. The van der Waals surface area contributed by atoms with Gasteiger partial charge in [-0.05, 0) is 87.5 Å². The molecule has 0 radical (unpaired) electrons. The van der Waals surface area contributed by atoms with E-state index in [2.05, 4.69) is 169 Å². The molecule has 3 heteroatoms. The molecule has 0 aliphatic carbocycles. The van der Waals surface area contributed by atoms with Crippen LogP contribution in [0, 0.1) is 0 Å². The van der Waals surface area contributed by atoms with Crippen LogP contribution in [0.1, 0.15) is 25.3 Å². The van der Waals surface area contributed by atoms with E-state index < -0.39 is 0 Å². The summed E-state index contributed by atoms with van der Waals surface area (Å²) in [6.07, 6.45) is 0. The fourth-order valence-electron chi connectivity index (χ4n) is 6.83. The van der Waals surface area contributed by atoms with Crippen LogP contribution in [0.15, 0.2) is 146 Å². The highest BCUT2D eigenvalue weighted by molar-refractivity contribution is 7.00. The average Bonchev–Trinajstić information content (AvgIpc) is 3.05. The second kappa shape index (κ2) is 9.82. The Balaban J connectivity index is 1.39. The number of fused-ring (bicyclic) bond motifs is 4. The van der Waals surface area contributed by atoms with Crippen molar-refractivity contribution in [2.45, 2.75) is 19.8 Å². The summed E-state index contributed by atoms with van der Waals surface area (Å²) in [5, 5.41) is 0. The second-order valence-electron chi connectivity index (χ2n) is 11.6. The van der Waals surface area contributed by atoms with Gasteiger partial charge in [0.25, 0.3) is 6.71 Å². The summed E-state index contributed by atoms with van der Waals surface area (Å²) in [5.74, 6) is 0.517. The average molecular weight is 539 g/mol. The molecule has 2 heterocycles. The van der Waals surface area contributed by atoms with Gasteiger partial charge in [-0.3, -0.25) is 0 Å². The van der Waals surface area contributed by atoms with Gasteiger partial charge >= 0.3 is 0 Å². The quantitative estimate of drug-likeness (QED) is 0.207. The van der Waals surface area contributed by atoms with Crippen molar-refractivity contribution in [2.24, 2.45) is 0 Å². The standard InChI is InChI=1S/C39H31BN2/c1-27(2)28-20-22-29(23-21-28)30-24-25-34-38(26-30)42(32-14-7-4-8-15-32)37-19-11-18-36-39(37)40(34)33-16-9-10-17-35(33)41(36)31-12-5-3-6-13-31/h3-27H,1-2H3. The molecule has 0 saturated heterocycles. The smallest absolute Gasteiger partial charge is 0.252 e. The van der Waals surface area contributed by atoms with Crippen LogP contribution in [-0.2, 0) is 0 Å². The minimum Gasteiger partial charge on any atom is -0.311 e. The van der Waals surface area contributed by atoms with Crippen LogP contribution in [0.2, 0.25) is 0 Å². The third kappa shape index (κ3) is 3.81. The summed E-state index contributed by atoms with van der Waals surface area (Å²) in [7, 11) is 0. The summed E-state index contributed by atoms with van der Waals surface area (Å²) in [6, 6.07) is 53.4. The molecule has 0 unspecified atom stereocenters. The highest BCUT2D eigenvalue weighted by Crippen LogP contribution is 2.44. The summed E-state index contributed by atoms with van der Waals surface area (Å²) >= 11 is 0. The van der Waals surface area contributed by atoms with E-state index in [1.807, 2.05) is 0 Å². The van der Waals surface area contributed by atoms with Crippen LogP contribution in [0.4, 0.5) is 34.1 Å². The Kier molecular flexibility index (Phi) is 5.79. The molecular formula is C39H31BN2. The maximum absolute atomic E-state index is 2.47. The van der Waals surface area contributed by atoms with Gasteiger partial charge < -0.3 is 9.80 Å². The van der Waals surface area contributed by atoms with Crippen molar-refractivity contribution in [3.8, 4) is 11.1 Å². The van der Waals surface area contributed by atoms with Crippen molar-refractivity contribution in [3.63, 3.8) is 0 Å². The van der Waals surface area contributed by atoms with E-state index in [0.717, 1.165) is 0 Å². The number of benzene rings is 6. The predicted octanol–water partition coefficient (Wildman–Crippen LogP) is 8.56. The lowest BCUT2D eigenvalue weighted by Crippen LogP contribution is -2.61. The monoisotopic (exact) mass is 538 g/mol. The van der Waals surface area contributed by atoms with E-state index in [0.29, 0.717) is 5.92 Å². The van der Waals surface area contributed by atoms with Crippen LogP contribution in [0.3, 0.4) is 0 Å². The van der Waals surface area contributed by atoms with Crippen molar-refractivity contribution in [1.29, 1.82) is 0 Å². The number of para-hydroxylation sites is 3. The molecule has 2 aliphatic heterocycles. The number of anilines is 6. The van der Waals surface area contributed by atoms with Crippen molar-refractivity contribution in [3.05, 3.63) is 151 Å². The Morgan fingerprint density at radius 3 is 1.62 bits per heavy atom. The van der Waals surface area contributed by atoms with E-state index >= 15 is 0 Å². The molecule has 0 amide bonds. The number of hydrogen-bond acceptors (Lipinski definition) is 2. The van der Waals surface area contributed by atoms with Crippen LogP contribution in [0.25, 0.3) is 11.1 Å². The Bertz CT molecular complexity index is 1910. The van der Waals surface area contributed by atoms with Gasteiger partial charge in [-0.2, -0.15) is 0 Å². The summed E-state index contributed by atoms with van der Waals surface area (Å²) in [6.45, 7) is 4.64. The largest absolute Gasteiger partial charge is 0.311 e. The Hall–Kier alpha value is -5.02. The molecule has 6 aromatic carbocycles. The zero-order valence-electron chi connectivity index (χ0n) is 23.9. The summed E-state index contributed by atoms with van der Waals surface area (Å²) in [4.78, 5) is 4.90. The van der Waals surface area contributed by atoms with Gasteiger partial charge in [0.15, 0.2) is 0 Å². The zero-order chi connectivity index (χ0) is 28.2. The zero-order valence-corrected chi connectivity index (χ0v) is 23.9. The third-order valence-corrected chi connectivity index (χ3v) is 8.84. The summed E-state index contributed by atoms with van der Waals surface area (Å²) in [5.41, 5.74) is 15.2. The Labute approximate surface area is 248 Å². The molecule has 0 N–H and O–H groups in total. The van der Waals surface area contributed by atoms with Gasteiger partial charge in [-0.1, -0.05) is 111 Å². The SMILES string of the molecule is CC(C)c1ccc(-c2ccc3c(c2)N(c2ccccc2)c2cccc4c2B3c2ccccc2N4c2ccccc2)cc1. The molecule has 0 spiro atoms. The molecule has 200 valence electrons. The molecular weight excluding hydrogens is 507 g/mol. The molecule has 6 aromatic rings. The first kappa shape index (κ1) is 24.8. The van der Waals surface area contributed by atoms with Crippen LogP contribution >= 0.6 is 0 Å². The number of nitrogens with zero attached hydrogens (tertiary/aromatic N) is 2. The third-order valence-electron chi connectivity index (χ3n) is 8.84. The maximum atomic E-state index is 2.47. The lowest BCUT2D eigenvalue weighted by atomic mass is 9.33. The minimum atomic E-state index is 0.139. The molecule has 0 fully saturated rings. The van der Waals surface area contributed by atoms with Gasteiger partial charge in [0.2, 0.25) is 0 Å². The van der Waals surface area contributed by atoms with Crippen LogP contribution in [0.5, 0.6) is 0 Å². The van der Waals surface area contributed by atoms with E-state index in [1.54, 1.807) is 0 Å². The summed E-state index contributed by atoms with van der Waals surface area (Å²) < 4.78 is 0. The predicted molar refractivity (Wildman–Crippen MR) is 180 cm³/mol. The van der Waals surface area contributed by atoms with E-state index in [4.69, 9.17) is 0 Å². The van der Waals surface area contributed by atoms with Crippen LogP contribution < -0.4 is 26.2 Å². The van der Waals surface area contributed by atoms with Crippen molar-refractivity contribution >= 4 is 57.2 Å². The molecule has 0 atom stereocenters. The van der Waals surface area contributed by atoms with Gasteiger partial charge in [-0.15, -0.1) is 0 Å². The van der Waals surface area contributed by atoms with Crippen LogP contribution in [-0.4, -0.2) is 6.71 Å². The molecule has 2 aliphatic rings. The van der Waals surface area contributed by atoms with Crippen molar-refractivity contribution in [2.75, 3.05) is 9.80 Å². The Morgan fingerprint density at radius 1 is 0.452 bits per heavy atom. The molecule has 0 aromatic heterocycles. The van der Waals surface area contributed by atoms with Gasteiger partial charge in [0.05, 0.1) is 0 Å². The van der Waals surface area contributed by atoms with Crippen molar-refractivity contribution < 1.29 is 0 Å². The normalized spacial score (nSPS) is 13.1.